The lowest BCUT2D eigenvalue weighted by Crippen LogP contribution is -2.36. The first kappa shape index (κ1) is 23.5. The molecule has 3 nitrogen and oxygen atoms in total. The summed E-state index contributed by atoms with van der Waals surface area (Å²) in [4.78, 5) is 0. The number of aryl methyl sites for hydroxylation is 1. The Hall–Kier alpha value is -1.68. The number of rotatable bonds is 6. The van der Waals surface area contributed by atoms with Crippen LogP contribution in [-0.4, -0.2) is 35.1 Å². The first-order valence-electron chi connectivity index (χ1n) is 12.6. The van der Waals surface area contributed by atoms with E-state index in [0.717, 1.165) is 18.8 Å². The van der Waals surface area contributed by atoms with Crippen LogP contribution in [0, 0.1) is 12.8 Å². The van der Waals surface area contributed by atoms with E-state index in [1.54, 1.807) is 16.7 Å². The smallest absolute Gasteiger partial charge is 0.0838 e. The second kappa shape index (κ2) is 11.0. The zero-order chi connectivity index (χ0) is 22.5. The lowest BCUT2D eigenvalue weighted by atomic mass is 9.88. The standard InChI is InChI=1S/C29H40O3/c1-20-10-12-22(13-11-20)16-24(14-15-26-17-25(31)18-27(19-30)32-26)29-9-5-8-28(29)21(2)23-6-3-4-7-23/h10-15,23,25-27,30-31H,3-9,16-19H2,1-2H3/b15-14+,28-21+,29-24+. The number of hydrogen-bond acceptors (Lipinski definition) is 3. The van der Waals surface area contributed by atoms with Gasteiger partial charge in [0, 0.05) is 12.8 Å². The molecule has 0 amide bonds. The molecule has 174 valence electrons. The highest BCUT2D eigenvalue weighted by Gasteiger charge is 2.27. The van der Waals surface area contributed by atoms with Gasteiger partial charge in [-0.05, 0) is 80.6 Å². The van der Waals surface area contributed by atoms with Gasteiger partial charge in [-0.3, -0.25) is 0 Å². The fourth-order valence-electron chi connectivity index (χ4n) is 5.82. The summed E-state index contributed by atoms with van der Waals surface area (Å²) in [6.07, 6.45) is 14.7. The lowest BCUT2D eigenvalue weighted by Gasteiger charge is -2.30. The molecule has 1 aliphatic heterocycles. The van der Waals surface area contributed by atoms with Gasteiger partial charge in [-0.2, -0.15) is 0 Å². The van der Waals surface area contributed by atoms with E-state index in [9.17, 15) is 10.2 Å². The maximum atomic E-state index is 10.2. The third-order valence-corrected chi connectivity index (χ3v) is 7.69. The summed E-state index contributed by atoms with van der Waals surface area (Å²) >= 11 is 0. The van der Waals surface area contributed by atoms with E-state index in [0.29, 0.717) is 12.8 Å². The van der Waals surface area contributed by atoms with E-state index in [1.807, 2.05) is 0 Å². The maximum absolute atomic E-state index is 10.2. The minimum Gasteiger partial charge on any atom is -0.394 e. The van der Waals surface area contributed by atoms with Crippen LogP contribution in [0.2, 0.25) is 0 Å². The Labute approximate surface area is 193 Å². The van der Waals surface area contributed by atoms with Crippen LogP contribution in [0.25, 0.3) is 0 Å². The molecule has 3 fully saturated rings. The molecule has 0 bridgehead atoms. The van der Waals surface area contributed by atoms with Gasteiger partial charge < -0.3 is 14.9 Å². The molecular weight excluding hydrogens is 396 g/mol. The van der Waals surface area contributed by atoms with Gasteiger partial charge in [0.25, 0.3) is 0 Å². The Morgan fingerprint density at radius 3 is 2.47 bits per heavy atom. The van der Waals surface area contributed by atoms with Crippen molar-refractivity contribution in [1.82, 2.24) is 0 Å². The Bertz CT molecular complexity index is 855. The SMILES string of the molecule is C/C(=C1/CCC/C1=C(/C=C/C1CC(O)CC(CO)O1)Cc1ccc(C)cc1)C1CCCC1. The van der Waals surface area contributed by atoms with Crippen molar-refractivity contribution < 1.29 is 14.9 Å². The van der Waals surface area contributed by atoms with Gasteiger partial charge in [-0.25, -0.2) is 0 Å². The molecule has 1 saturated heterocycles. The molecule has 2 saturated carbocycles. The summed E-state index contributed by atoms with van der Waals surface area (Å²) in [6, 6.07) is 8.88. The largest absolute Gasteiger partial charge is 0.394 e. The van der Waals surface area contributed by atoms with Crippen molar-refractivity contribution in [3.63, 3.8) is 0 Å². The van der Waals surface area contributed by atoms with Crippen molar-refractivity contribution in [2.45, 2.75) is 96.4 Å². The van der Waals surface area contributed by atoms with Crippen LogP contribution >= 0.6 is 0 Å². The number of ether oxygens (including phenoxy) is 1. The highest BCUT2D eigenvalue weighted by molar-refractivity contribution is 5.47. The third-order valence-electron chi connectivity index (χ3n) is 7.69. The van der Waals surface area contributed by atoms with Crippen LogP contribution in [0.15, 0.2) is 58.7 Å². The van der Waals surface area contributed by atoms with Crippen molar-refractivity contribution in [2.75, 3.05) is 6.61 Å². The highest BCUT2D eigenvalue weighted by atomic mass is 16.5. The molecular formula is C29H40O3. The molecule has 3 heteroatoms. The first-order chi connectivity index (χ1) is 15.5. The molecule has 1 heterocycles. The summed E-state index contributed by atoms with van der Waals surface area (Å²) in [5, 5.41) is 19.7. The zero-order valence-electron chi connectivity index (χ0n) is 19.9. The zero-order valence-corrected chi connectivity index (χ0v) is 19.9. The molecule has 2 aliphatic carbocycles. The van der Waals surface area contributed by atoms with Crippen molar-refractivity contribution in [3.05, 3.63) is 69.8 Å². The lowest BCUT2D eigenvalue weighted by molar-refractivity contribution is -0.0935. The van der Waals surface area contributed by atoms with Crippen LogP contribution in [0.4, 0.5) is 0 Å². The van der Waals surface area contributed by atoms with Crippen molar-refractivity contribution in [2.24, 2.45) is 5.92 Å². The van der Waals surface area contributed by atoms with E-state index < -0.39 is 6.10 Å². The molecule has 1 aromatic rings. The van der Waals surface area contributed by atoms with Crippen molar-refractivity contribution in [1.29, 1.82) is 0 Å². The quantitative estimate of drug-likeness (QED) is 0.576. The van der Waals surface area contributed by atoms with E-state index in [4.69, 9.17) is 4.74 Å². The molecule has 0 aromatic heterocycles. The predicted octanol–water partition coefficient (Wildman–Crippen LogP) is 5.98. The number of aliphatic hydroxyl groups is 2. The third kappa shape index (κ3) is 5.81. The van der Waals surface area contributed by atoms with Gasteiger partial charge in [0.2, 0.25) is 0 Å². The molecule has 3 unspecified atom stereocenters. The summed E-state index contributed by atoms with van der Waals surface area (Å²) in [7, 11) is 0. The molecule has 3 atom stereocenters. The Morgan fingerprint density at radius 1 is 1.03 bits per heavy atom. The summed E-state index contributed by atoms with van der Waals surface area (Å²) in [5.41, 5.74) is 8.81. The maximum Gasteiger partial charge on any atom is 0.0838 e. The normalized spacial score (nSPS) is 30.3. The minimum absolute atomic E-state index is 0.0355. The number of allylic oxidation sites excluding steroid dienone is 5. The second-order valence-electron chi connectivity index (χ2n) is 10.1. The van der Waals surface area contributed by atoms with Gasteiger partial charge in [0.05, 0.1) is 24.9 Å². The monoisotopic (exact) mass is 436 g/mol. The molecule has 2 N–H and O–H groups in total. The van der Waals surface area contributed by atoms with E-state index >= 15 is 0 Å². The van der Waals surface area contributed by atoms with E-state index in [2.05, 4.69) is 50.3 Å². The number of benzene rings is 1. The van der Waals surface area contributed by atoms with Crippen LogP contribution in [0.1, 0.15) is 75.8 Å². The van der Waals surface area contributed by atoms with Crippen LogP contribution < -0.4 is 0 Å². The fourth-order valence-corrected chi connectivity index (χ4v) is 5.82. The first-order valence-corrected chi connectivity index (χ1v) is 12.6. The highest BCUT2D eigenvalue weighted by Crippen LogP contribution is 2.42. The molecule has 0 radical (unpaired) electrons. The molecule has 4 rings (SSSR count). The summed E-state index contributed by atoms with van der Waals surface area (Å²) in [6.45, 7) is 4.48. The van der Waals surface area contributed by atoms with E-state index in [1.165, 1.54) is 55.2 Å². The molecule has 3 aliphatic rings. The number of hydrogen-bond donors (Lipinski definition) is 2. The Balaban J connectivity index is 1.65. The summed E-state index contributed by atoms with van der Waals surface area (Å²) in [5.74, 6) is 0.768. The van der Waals surface area contributed by atoms with Crippen LogP contribution in [0.3, 0.4) is 0 Å². The molecule has 32 heavy (non-hydrogen) atoms. The summed E-state index contributed by atoms with van der Waals surface area (Å²) < 4.78 is 6.01. The average Bonchev–Trinajstić information content (AvgIpc) is 3.49. The average molecular weight is 437 g/mol. The molecule has 1 aromatic carbocycles. The minimum atomic E-state index is -0.407. The van der Waals surface area contributed by atoms with Gasteiger partial charge in [-0.15, -0.1) is 0 Å². The topological polar surface area (TPSA) is 49.7 Å². The van der Waals surface area contributed by atoms with E-state index in [-0.39, 0.29) is 18.8 Å². The van der Waals surface area contributed by atoms with Gasteiger partial charge in [-0.1, -0.05) is 60.4 Å². The second-order valence-corrected chi connectivity index (χ2v) is 10.1. The molecule has 0 spiro atoms. The van der Waals surface area contributed by atoms with Gasteiger partial charge in [0.15, 0.2) is 0 Å². The van der Waals surface area contributed by atoms with Crippen molar-refractivity contribution >= 4 is 0 Å². The Morgan fingerprint density at radius 2 is 1.75 bits per heavy atom. The van der Waals surface area contributed by atoms with Crippen LogP contribution in [-0.2, 0) is 11.2 Å². The van der Waals surface area contributed by atoms with Gasteiger partial charge in [0.1, 0.15) is 0 Å². The van der Waals surface area contributed by atoms with Crippen LogP contribution in [0.5, 0.6) is 0 Å². The van der Waals surface area contributed by atoms with Gasteiger partial charge >= 0.3 is 0 Å². The fraction of sp³-hybridized carbons (Fsp3) is 0.586. The predicted molar refractivity (Wildman–Crippen MR) is 131 cm³/mol. The number of aliphatic hydroxyl groups excluding tert-OH is 2. The van der Waals surface area contributed by atoms with Crippen molar-refractivity contribution in [3.8, 4) is 0 Å². The Kier molecular flexibility index (Phi) is 8.04.